The second kappa shape index (κ2) is 7.46. The number of fused-ring (bicyclic) bond motifs is 2. The zero-order valence-electron chi connectivity index (χ0n) is 16.4. The van der Waals surface area contributed by atoms with E-state index in [0.717, 1.165) is 62.0 Å². The van der Waals surface area contributed by atoms with E-state index in [2.05, 4.69) is 15.2 Å². The van der Waals surface area contributed by atoms with Gasteiger partial charge in [0.1, 0.15) is 12.7 Å². The lowest BCUT2D eigenvalue weighted by Gasteiger charge is -2.32. The van der Waals surface area contributed by atoms with Crippen molar-refractivity contribution in [3.63, 3.8) is 0 Å². The van der Waals surface area contributed by atoms with Crippen molar-refractivity contribution in [1.29, 1.82) is 0 Å². The Morgan fingerprint density at radius 2 is 2.14 bits per heavy atom. The number of aromatic nitrogens is 6. The van der Waals surface area contributed by atoms with Crippen LogP contribution < -0.4 is 5.56 Å². The molecule has 0 saturated carbocycles. The summed E-state index contributed by atoms with van der Waals surface area (Å²) in [6.07, 6.45) is 9.32. The normalized spacial score (nSPS) is 19.4. The maximum absolute atomic E-state index is 12.9. The van der Waals surface area contributed by atoms with E-state index in [1.165, 1.54) is 6.33 Å². The van der Waals surface area contributed by atoms with E-state index in [4.69, 9.17) is 4.98 Å². The molecule has 1 amide bonds. The topological polar surface area (TPSA) is 101 Å². The molecule has 1 saturated heterocycles. The van der Waals surface area contributed by atoms with Crippen LogP contribution in [0.15, 0.2) is 23.5 Å². The van der Waals surface area contributed by atoms with Crippen LogP contribution in [0.2, 0.25) is 0 Å². The average Bonchev–Trinajstić information content (AvgIpc) is 3.42. The van der Waals surface area contributed by atoms with Crippen molar-refractivity contribution >= 4 is 11.6 Å². The number of H-pyrrole nitrogens is 1. The number of carbonyl (C=O) groups excluding carboxylic acids is 1. The second-order valence-electron chi connectivity index (χ2n) is 8.04. The van der Waals surface area contributed by atoms with Crippen molar-refractivity contribution in [2.45, 2.75) is 57.4 Å². The lowest BCUT2D eigenvalue weighted by atomic mass is 9.94. The molecule has 5 rings (SSSR count). The minimum absolute atomic E-state index is 0.0347. The number of likely N-dealkylation sites (tertiary alicyclic amines) is 1. The summed E-state index contributed by atoms with van der Waals surface area (Å²) < 4.78 is 3.27. The van der Waals surface area contributed by atoms with Gasteiger partial charge in [0.05, 0.1) is 12.2 Å². The molecule has 1 atom stereocenters. The standard InChI is InChI=1S/C20H25N7O2/c28-19(7-9-26-13-21-12-22-26)25-8-3-4-14(11-25)17-10-18-23-16-6-2-1-5-15(16)20(29)27(18)24-17/h10,12-14,24H,1-9,11H2/t14-/m0/s1. The molecule has 0 bridgehead atoms. The first-order valence-corrected chi connectivity index (χ1v) is 10.4. The van der Waals surface area contributed by atoms with Crippen molar-refractivity contribution in [3.8, 4) is 0 Å². The van der Waals surface area contributed by atoms with Crippen LogP contribution in [-0.4, -0.2) is 53.3 Å². The van der Waals surface area contributed by atoms with Gasteiger partial charge in [-0.1, -0.05) is 0 Å². The number of carbonyl (C=O) groups is 1. The minimum Gasteiger partial charge on any atom is -0.342 e. The summed E-state index contributed by atoms with van der Waals surface area (Å²) in [4.78, 5) is 36.1. The lowest BCUT2D eigenvalue weighted by Crippen LogP contribution is -2.39. The van der Waals surface area contributed by atoms with Crippen LogP contribution in [0.1, 0.15) is 55.0 Å². The summed E-state index contributed by atoms with van der Waals surface area (Å²) in [5.74, 6) is 0.323. The third-order valence-corrected chi connectivity index (χ3v) is 6.14. The predicted molar refractivity (Wildman–Crippen MR) is 106 cm³/mol. The van der Waals surface area contributed by atoms with Gasteiger partial charge >= 0.3 is 0 Å². The molecule has 0 aromatic carbocycles. The third kappa shape index (κ3) is 3.45. The maximum Gasteiger partial charge on any atom is 0.276 e. The molecule has 1 aliphatic carbocycles. The Labute approximate surface area is 167 Å². The van der Waals surface area contributed by atoms with Gasteiger partial charge in [0, 0.05) is 42.8 Å². The fraction of sp³-hybridized carbons (Fsp3) is 0.550. The van der Waals surface area contributed by atoms with Gasteiger partial charge in [-0.25, -0.2) is 14.5 Å². The van der Waals surface area contributed by atoms with Crippen molar-refractivity contribution in [2.75, 3.05) is 13.1 Å². The quantitative estimate of drug-likeness (QED) is 0.717. The summed E-state index contributed by atoms with van der Waals surface area (Å²) in [5, 5.41) is 7.33. The van der Waals surface area contributed by atoms with Gasteiger partial charge < -0.3 is 4.90 Å². The van der Waals surface area contributed by atoms with Crippen molar-refractivity contribution < 1.29 is 4.79 Å². The summed E-state index contributed by atoms with van der Waals surface area (Å²) in [6, 6.07) is 1.99. The Morgan fingerprint density at radius 3 is 3.00 bits per heavy atom. The van der Waals surface area contributed by atoms with Gasteiger partial charge in [-0.2, -0.15) is 5.10 Å². The number of hydrogen-bond acceptors (Lipinski definition) is 5. The highest BCUT2D eigenvalue weighted by Gasteiger charge is 2.27. The fourth-order valence-electron chi connectivity index (χ4n) is 4.56. The van der Waals surface area contributed by atoms with Crippen LogP contribution in [0.5, 0.6) is 0 Å². The number of piperidine rings is 1. The van der Waals surface area contributed by atoms with Crippen LogP contribution >= 0.6 is 0 Å². The molecule has 1 aliphatic heterocycles. The fourth-order valence-corrected chi connectivity index (χ4v) is 4.56. The van der Waals surface area contributed by atoms with E-state index in [9.17, 15) is 9.59 Å². The Balaban J connectivity index is 1.33. The average molecular weight is 395 g/mol. The summed E-state index contributed by atoms with van der Waals surface area (Å²) in [5.41, 5.74) is 3.54. The molecular formula is C20H25N7O2. The summed E-state index contributed by atoms with van der Waals surface area (Å²) in [7, 11) is 0. The molecule has 0 radical (unpaired) electrons. The van der Waals surface area contributed by atoms with E-state index in [0.29, 0.717) is 25.2 Å². The predicted octanol–water partition coefficient (Wildman–Crippen LogP) is 1.29. The van der Waals surface area contributed by atoms with Crippen LogP contribution in [-0.2, 0) is 24.2 Å². The van der Waals surface area contributed by atoms with Gasteiger partial charge in [0.2, 0.25) is 5.91 Å². The molecule has 0 spiro atoms. The number of amides is 1. The molecule has 1 fully saturated rings. The SMILES string of the molecule is O=C(CCn1cncn1)N1CCC[C@H](c2cc3nc4c(c(=O)n3[nH]2)CCCC4)C1. The molecule has 2 aliphatic rings. The molecule has 152 valence electrons. The Bertz CT molecular complexity index is 1080. The smallest absolute Gasteiger partial charge is 0.276 e. The van der Waals surface area contributed by atoms with E-state index in [-0.39, 0.29) is 17.4 Å². The molecule has 4 heterocycles. The van der Waals surface area contributed by atoms with Crippen molar-refractivity contribution in [2.24, 2.45) is 0 Å². The van der Waals surface area contributed by atoms with Gasteiger partial charge in [-0.05, 0) is 38.5 Å². The van der Waals surface area contributed by atoms with Crippen LogP contribution in [0.25, 0.3) is 5.65 Å². The van der Waals surface area contributed by atoms with E-state index >= 15 is 0 Å². The zero-order valence-corrected chi connectivity index (χ0v) is 16.4. The van der Waals surface area contributed by atoms with Crippen LogP contribution in [0, 0.1) is 0 Å². The number of hydrogen-bond donors (Lipinski definition) is 1. The first-order chi connectivity index (χ1) is 14.2. The first kappa shape index (κ1) is 18.1. The number of rotatable bonds is 4. The minimum atomic E-state index is 0.0347. The highest BCUT2D eigenvalue weighted by molar-refractivity contribution is 5.76. The number of aryl methyl sites for hydroxylation is 2. The third-order valence-electron chi connectivity index (χ3n) is 6.14. The van der Waals surface area contributed by atoms with Crippen molar-refractivity contribution in [1.82, 2.24) is 34.3 Å². The van der Waals surface area contributed by atoms with Crippen LogP contribution in [0.4, 0.5) is 0 Å². The Morgan fingerprint density at radius 1 is 1.24 bits per heavy atom. The van der Waals surface area contributed by atoms with E-state index in [1.807, 2.05) is 11.0 Å². The highest BCUT2D eigenvalue weighted by atomic mass is 16.2. The summed E-state index contributed by atoms with van der Waals surface area (Å²) in [6.45, 7) is 1.98. The molecule has 1 N–H and O–H groups in total. The maximum atomic E-state index is 12.9. The largest absolute Gasteiger partial charge is 0.342 e. The Hall–Kier alpha value is -2.97. The second-order valence-corrected chi connectivity index (χ2v) is 8.04. The zero-order chi connectivity index (χ0) is 19.8. The van der Waals surface area contributed by atoms with Crippen molar-refractivity contribution in [3.05, 3.63) is 46.0 Å². The van der Waals surface area contributed by atoms with Gasteiger partial charge in [-0.15, -0.1) is 0 Å². The number of nitrogens with zero attached hydrogens (tertiary/aromatic N) is 6. The van der Waals surface area contributed by atoms with E-state index < -0.39 is 0 Å². The van der Waals surface area contributed by atoms with E-state index in [1.54, 1.807) is 15.5 Å². The van der Waals surface area contributed by atoms with Gasteiger partial charge in [-0.3, -0.25) is 19.4 Å². The van der Waals surface area contributed by atoms with Gasteiger partial charge in [0.15, 0.2) is 5.65 Å². The molecule has 3 aromatic heterocycles. The Kier molecular flexibility index (Phi) is 4.65. The van der Waals surface area contributed by atoms with Gasteiger partial charge in [0.25, 0.3) is 5.56 Å². The molecular weight excluding hydrogens is 370 g/mol. The number of aromatic amines is 1. The highest BCUT2D eigenvalue weighted by Crippen LogP contribution is 2.27. The summed E-state index contributed by atoms with van der Waals surface area (Å²) >= 11 is 0. The molecule has 9 heteroatoms. The lowest BCUT2D eigenvalue weighted by molar-refractivity contribution is -0.132. The molecule has 3 aromatic rings. The van der Waals surface area contributed by atoms with Crippen LogP contribution in [0.3, 0.4) is 0 Å². The molecule has 9 nitrogen and oxygen atoms in total. The molecule has 0 unspecified atom stereocenters. The number of nitrogens with one attached hydrogen (secondary N) is 1. The monoisotopic (exact) mass is 395 g/mol. The first-order valence-electron chi connectivity index (χ1n) is 10.4. The molecule has 29 heavy (non-hydrogen) atoms.